The first-order valence-electron chi connectivity index (χ1n) is 6.52. The minimum Gasteiger partial charge on any atom is -0.599 e. The molecule has 5 nitrogen and oxygen atoms in total. The van der Waals surface area contributed by atoms with Crippen LogP contribution in [0.25, 0.3) is 0 Å². The molecule has 0 amide bonds. The predicted octanol–water partition coefficient (Wildman–Crippen LogP) is 1.41. The molecule has 0 radical (unpaired) electrons. The molecule has 1 atom stereocenters. The first-order valence-corrected chi connectivity index (χ1v) is 8.10. The van der Waals surface area contributed by atoms with Crippen LogP contribution in [0.1, 0.15) is 38.2 Å². The highest BCUT2D eigenvalue weighted by Gasteiger charge is 2.16. The summed E-state index contributed by atoms with van der Waals surface area (Å²) in [6.07, 6.45) is 3.40. The first kappa shape index (κ1) is 16.1. The van der Waals surface area contributed by atoms with Gasteiger partial charge in [-0.15, -0.1) is 0 Å². The summed E-state index contributed by atoms with van der Waals surface area (Å²) in [5.74, 6) is -0.0898. The summed E-state index contributed by atoms with van der Waals surface area (Å²) in [5.41, 5.74) is 0.744. The van der Waals surface area contributed by atoms with E-state index in [2.05, 4.69) is 4.28 Å². The van der Waals surface area contributed by atoms with E-state index in [1.165, 1.54) is 0 Å². The Morgan fingerprint density at radius 2 is 1.84 bits per heavy atom. The zero-order chi connectivity index (χ0) is 14.1. The molecule has 0 aliphatic rings. The molecule has 0 saturated carbocycles. The maximum atomic E-state index is 11.6. The van der Waals surface area contributed by atoms with Gasteiger partial charge in [0.2, 0.25) is 0 Å². The van der Waals surface area contributed by atoms with Crippen molar-refractivity contribution in [1.82, 2.24) is 0 Å². The lowest BCUT2D eigenvalue weighted by atomic mass is 10.2. The Kier molecular flexibility index (Phi) is 7.01. The Morgan fingerprint density at radius 1 is 1.16 bits per heavy atom. The smallest absolute Gasteiger partial charge is 0.314 e. The van der Waals surface area contributed by atoms with Crippen molar-refractivity contribution >= 4 is 10.1 Å². The van der Waals surface area contributed by atoms with Gasteiger partial charge in [0.15, 0.2) is 0 Å². The lowest BCUT2D eigenvalue weighted by Crippen LogP contribution is -3.05. The molecule has 0 bridgehead atoms. The van der Waals surface area contributed by atoms with Gasteiger partial charge in [0, 0.05) is 5.56 Å². The normalized spacial score (nSPS) is 13.4. The fourth-order valence-electron chi connectivity index (χ4n) is 1.68. The largest absolute Gasteiger partial charge is 0.599 e. The number of hydrogen-bond donors (Lipinski definition) is 1. The number of nitrogens with one attached hydrogen (secondary N) is 1. The summed E-state index contributed by atoms with van der Waals surface area (Å²) in [6, 6.07) is 8.94. The van der Waals surface area contributed by atoms with Crippen LogP contribution in [0, 0.1) is 5.21 Å². The number of hydroxylamine groups is 2. The van der Waals surface area contributed by atoms with Crippen LogP contribution in [0.15, 0.2) is 30.3 Å². The van der Waals surface area contributed by atoms with E-state index in [0.29, 0.717) is 6.42 Å². The van der Waals surface area contributed by atoms with Crippen LogP contribution in [-0.2, 0) is 20.9 Å². The molecule has 1 aromatic carbocycles. The van der Waals surface area contributed by atoms with Gasteiger partial charge in [-0.05, 0) is 6.42 Å². The molecule has 0 fully saturated rings. The van der Waals surface area contributed by atoms with Crippen molar-refractivity contribution in [3.8, 4) is 0 Å². The fraction of sp³-hybridized carbons (Fsp3) is 0.538. The Hall–Kier alpha value is -0.950. The second-order valence-corrected chi connectivity index (χ2v) is 6.13. The lowest BCUT2D eigenvalue weighted by molar-refractivity contribution is -1.03. The van der Waals surface area contributed by atoms with Gasteiger partial charge >= 0.3 is 10.1 Å². The molecule has 19 heavy (non-hydrogen) atoms. The van der Waals surface area contributed by atoms with Crippen LogP contribution in [-0.4, -0.2) is 14.2 Å². The average molecular weight is 287 g/mol. The Bertz CT molecular complexity index is 447. The van der Waals surface area contributed by atoms with Crippen LogP contribution in [0.2, 0.25) is 0 Å². The third-order valence-corrected chi connectivity index (χ3v) is 3.89. The molecule has 0 aliphatic heterocycles. The van der Waals surface area contributed by atoms with Crippen LogP contribution in [0.5, 0.6) is 0 Å². The van der Waals surface area contributed by atoms with Gasteiger partial charge in [-0.25, -0.2) is 5.23 Å². The van der Waals surface area contributed by atoms with Gasteiger partial charge in [0.1, 0.15) is 6.54 Å². The maximum absolute atomic E-state index is 11.6. The van der Waals surface area contributed by atoms with Crippen molar-refractivity contribution in [2.45, 2.75) is 39.2 Å². The molecule has 0 saturated heterocycles. The zero-order valence-electron chi connectivity index (χ0n) is 11.2. The van der Waals surface area contributed by atoms with Crippen molar-refractivity contribution in [2.75, 3.05) is 5.75 Å². The molecule has 6 heteroatoms. The number of quaternary nitrogens is 1. The summed E-state index contributed by atoms with van der Waals surface area (Å²) in [4.78, 5) is 0. The number of benzene rings is 1. The van der Waals surface area contributed by atoms with Crippen LogP contribution < -0.4 is 5.23 Å². The first-order chi connectivity index (χ1) is 9.03. The number of hydrogen-bond acceptors (Lipinski definition) is 4. The monoisotopic (exact) mass is 287 g/mol. The van der Waals surface area contributed by atoms with Gasteiger partial charge < -0.3 is 5.21 Å². The molecule has 1 unspecified atom stereocenters. The predicted molar refractivity (Wildman–Crippen MR) is 73.5 cm³/mol. The minimum atomic E-state index is -3.73. The van der Waals surface area contributed by atoms with Crippen molar-refractivity contribution in [3.05, 3.63) is 41.1 Å². The molecule has 0 spiro atoms. The maximum Gasteiger partial charge on any atom is 0.314 e. The van der Waals surface area contributed by atoms with Gasteiger partial charge in [-0.2, -0.15) is 8.42 Å². The molecule has 0 aromatic heterocycles. The Morgan fingerprint density at radius 3 is 2.47 bits per heavy atom. The summed E-state index contributed by atoms with van der Waals surface area (Å²) in [6.45, 7) is 2.03. The van der Waals surface area contributed by atoms with Gasteiger partial charge in [0.25, 0.3) is 0 Å². The Balaban J connectivity index is 2.36. The molecule has 1 N–H and O–H groups in total. The van der Waals surface area contributed by atoms with Gasteiger partial charge in [-0.1, -0.05) is 60.8 Å². The number of unbranched alkanes of at least 4 members (excludes halogenated alkanes) is 3. The summed E-state index contributed by atoms with van der Waals surface area (Å²) in [5, 5.41) is 10.8. The molecule has 0 aliphatic carbocycles. The summed E-state index contributed by atoms with van der Waals surface area (Å²) >= 11 is 0. The van der Waals surface area contributed by atoms with Crippen molar-refractivity contribution < 1.29 is 17.9 Å². The third-order valence-electron chi connectivity index (χ3n) is 2.66. The van der Waals surface area contributed by atoms with Crippen molar-refractivity contribution in [1.29, 1.82) is 0 Å². The molecule has 1 aromatic rings. The molecule has 1 rings (SSSR count). The number of rotatable bonds is 9. The van der Waals surface area contributed by atoms with E-state index in [4.69, 9.17) is 0 Å². The zero-order valence-corrected chi connectivity index (χ0v) is 12.0. The fourth-order valence-corrected chi connectivity index (χ4v) is 2.66. The van der Waals surface area contributed by atoms with Gasteiger partial charge in [-0.3, -0.25) is 0 Å². The van der Waals surface area contributed by atoms with E-state index >= 15 is 0 Å². The average Bonchev–Trinajstić information content (AvgIpc) is 2.35. The van der Waals surface area contributed by atoms with E-state index in [-0.39, 0.29) is 12.3 Å². The molecular formula is C13H21NO4S. The minimum absolute atomic E-state index is 0.0188. The third kappa shape index (κ3) is 7.27. The van der Waals surface area contributed by atoms with Gasteiger partial charge in [0.05, 0.1) is 5.75 Å². The van der Waals surface area contributed by atoms with E-state index in [9.17, 15) is 13.6 Å². The van der Waals surface area contributed by atoms with Crippen molar-refractivity contribution in [2.24, 2.45) is 0 Å². The molecule has 0 heterocycles. The SMILES string of the molecule is CCCCCCS(=O)(=O)O[NH+]([O-])Cc1ccccc1. The Labute approximate surface area is 114 Å². The van der Waals surface area contributed by atoms with E-state index in [1.54, 1.807) is 24.3 Å². The molecular weight excluding hydrogens is 266 g/mol. The topological polar surface area (TPSA) is 70.9 Å². The van der Waals surface area contributed by atoms with Crippen molar-refractivity contribution in [3.63, 3.8) is 0 Å². The van der Waals surface area contributed by atoms with E-state index in [1.807, 2.05) is 13.0 Å². The summed E-state index contributed by atoms with van der Waals surface area (Å²) in [7, 11) is -3.73. The highest BCUT2D eigenvalue weighted by atomic mass is 32.2. The molecule has 108 valence electrons. The summed E-state index contributed by atoms with van der Waals surface area (Å²) < 4.78 is 27.7. The highest BCUT2D eigenvalue weighted by molar-refractivity contribution is 7.86. The van der Waals surface area contributed by atoms with Crippen LogP contribution >= 0.6 is 0 Å². The second kappa shape index (κ2) is 8.27. The second-order valence-electron chi connectivity index (χ2n) is 4.44. The van der Waals surface area contributed by atoms with E-state index in [0.717, 1.165) is 24.8 Å². The van der Waals surface area contributed by atoms with Crippen LogP contribution in [0.3, 0.4) is 0 Å². The standard InChI is InChI=1S/C13H21NO4S/c1-2-3-4-8-11-19(16,17)18-14(15)12-13-9-6-5-7-10-13/h5-7,9-10,14H,2-4,8,11-12H2,1H3. The quantitative estimate of drug-likeness (QED) is 0.550. The van der Waals surface area contributed by atoms with E-state index < -0.39 is 15.3 Å². The highest BCUT2D eigenvalue weighted by Crippen LogP contribution is 2.02. The lowest BCUT2D eigenvalue weighted by Gasteiger charge is -2.18. The van der Waals surface area contributed by atoms with Crippen LogP contribution in [0.4, 0.5) is 0 Å².